The molecule has 28 heavy (non-hydrogen) atoms. The van der Waals surface area contributed by atoms with Crippen molar-refractivity contribution in [3.05, 3.63) is 59.2 Å². The smallest absolute Gasteiger partial charge is 0.256 e. The number of phenolic OH excluding ortho intramolecular Hbond substituents is 1. The van der Waals surface area contributed by atoms with Gasteiger partial charge in [0.1, 0.15) is 5.75 Å². The molecule has 1 amide bonds. The van der Waals surface area contributed by atoms with Crippen LogP contribution in [0.2, 0.25) is 0 Å². The first-order valence-corrected chi connectivity index (χ1v) is 9.82. The van der Waals surface area contributed by atoms with E-state index in [1.54, 1.807) is 17.0 Å². The third kappa shape index (κ3) is 3.84. The Morgan fingerprint density at radius 1 is 1.04 bits per heavy atom. The minimum Gasteiger partial charge on any atom is -0.508 e. The van der Waals surface area contributed by atoms with Crippen LogP contribution in [0.3, 0.4) is 0 Å². The molecule has 0 fully saturated rings. The van der Waals surface area contributed by atoms with E-state index in [-0.39, 0.29) is 11.7 Å². The van der Waals surface area contributed by atoms with Gasteiger partial charge in [-0.15, -0.1) is 0 Å². The number of anilines is 1. The molecule has 148 valence electrons. The number of amides is 1. The van der Waals surface area contributed by atoms with Crippen LogP contribution in [0.4, 0.5) is 5.69 Å². The highest BCUT2D eigenvalue weighted by atomic mass is 16.3. The van der Waals surface area contributed by atoms with Crippen LogP contribution in [-0.4, -0.2) is 71.8 Å². The van der Waals surface area contributed by atoms with Gasteiger partial charge in [0.15, 0.2) is 0 Å². The summed E-state index contributed by atoms with van der Waals surface area (Å²) >= 11 is 0. The second-order valence-electron chi connectivity index (χ2n) is 7.78. The summed E-state index contributed by atoms with van der Waals surface area (Å²) in [4.78, 5) is 18.9. The molecule has 2 heterocycles. The van der Waals surface area contributed by atoms with E-state index in [0.29, 0.717) is 31.7 Å². The Morgan fingerprint density at radius 3 is 2.64 bits per heavy atom. The van der Waals surface area contributed by atoms with Gasteiger partial charge in [0.2, 0.25) is 0 Å². The van der Waals surface area contributed by atoms with E-state index in [9.17, 15) is 15.0 Å². The van der Waals surface area contributed by atoms with Crippen LogP contribution in [0, 0.1) is 0 Å². The minimum absolute atomic E-state index is 0.0950. The SMILES string of the molecule is CN1CCN(CC(O)CN2CCc3ccccc3C2)C(=O)c2ccc(O)cc21. The van der Waals surface area contributed by atoms with E-state index in [1.165, 1.54) is 17.2 Å². The number of benzene rings is 2. The molecule has 1 unspecified atom stereocenters. The Bertz CT molecular complexity index is 870. The molecule has 0 spiro atoms. The maximum atomic E-state index is 13.0. The lowest BCUT2D eigenvalue weighted by Gasteiger charge is -2.32. The zero-order valence-corrected chi connectivity index (χ0v) is 16.2. The van der Waals surface area contributed by atoms with Gasteiger partial charge in [-0.05, 0) is 29.7 Å². The average molecular weight is 381 g/mol. The molecule has 6 heteroatoms. The normalized spacial score (nSPS) is 18.4. The predicted molar refractivity (Wildman–Crippen MR) is 109 cm³/mol. The molecule has 0 aromatic heterocycles. The van der Waals surface area contributed by atoms with Crippen molar-refractivity contribution in [1.29, 1.82) is 0 Å². The number of hydrogen-bond acceptors (Lipinski definition) is 5. The third-order valence-corrected chi connectivity index (χ3v) is 5.73. The van der Waals surface area contributed by atoms with Gasteiger partial charge >= 0.3 is 0 Å². The summed E-state index contributed by atoms with van der Waals surface area (Å²) < 4.78 is 0. The molecule has 2 N–H and O–H groups in total. The number of hydrogen-bond donors (Lipinski definition) is 2. The van der Waals surface area contributed by atoms with Gasteiger partial charge in [-0.25, -0.2) is 0 Å². The fourth-order valence-electron chi connectivity index (χ4n) is 4.17. The summed E-state index contributed by atoms with van der Waals surface area (Å²) in [6, 6.07) is 13.3. The van der Waals surface area contributed by atoms with E-state index < -0.39 is 6.10 Å². The van der Waals surface area contributed by atoms with Gasteiger partial charge < -0.3 is 20.0 Å². The van der Waals surface area contributed by atoms with Crippen LogP contribution in [0.15, 0.2) is 42.5 Å². The molecule has 2 aromatic rings. The molecule has 2 aromatic carbocycles. The molecule has 6 nitrogen and oxygen atoms in total. The van der Waals surface area contributed by atoms with Crippen molar-refractivity contribution in [2.75, 3.05) is 44.7 Å². The lowest BCUT2D eigenvalue weighted by molar-refractivity contribution is 0.0521. The zero-order chi connectivity index (χ0) is 19.7. The molecule has 0 bridgehead atoms. The lowest BCUT2D eigenvalue weighted by atomic mass is 10.00. The van der Waals surface area contributed by atoms with Crippen LogP contribution < -0.4 is 4.90 Å². The van der Waals surface area contributed by atoms with E-state index in [1.807, 2.05) is 11.9 Å². The standard InChI is InChI=1S/C22H27N3O3/c1-23-10-11-25(22(28)20-7-6-18(26)12-21(20)23)15-19(27)14-24-9-8-16-4-2-3-5-17(16)13-24/h2-7,12,19,26-27H,8-11,13-15H2,1H3. The first-order chi connectivity index (χ1) is 13.5. The Kier molecular flexibility index (Phi) is 5.24. The number of aliphatic hydroxyl groups excluding tert-OH is 1. The van der Waals surface area contributed by atoms with Gasteiger partial charge in [-0.3, -0.25) is 9.69 Å². The number of carbonyl (C=O) groups excluding carboxylic acids is 1. The number of likely N-dealkylation sites (N-methyl/N-ethyl adjacent to an activating group) is 1. The van der Waals surface area contributed by atoms with Crippen LogP contribution in [0.5, 0.6) is 5.75 Å². The highest BCUT2D eigenvalue weighted by Gasteiger charge is 2.27. The van der Waals surface area contributed by atoms with E-state index in [4.69, 9.17) is 0 Å². The Balaban J connectivity index is 1.41. The quantitative estimate of drug-likeness (QED) is 0.844. The molecule has 2 aliphatic heterocycles. The summed E-state index contributed by atoms with van der Waals surface area (Å²) in [7, 11) is 1.91. The summed E-state index contributed by atoms with van der Waals surface area (Å²) in [6.45, 7) is 3.83. The molecule has 0 saturated carbocycles. The van der Waals surface area contributed by atoms with Crippen molar-refractivity contribution in [2.45, 2.75) is 19.1 Å². The van der Waals surface area contributed by atoms with E-state index in [2.05, 4.69) is 29.2 Å². The topological polar surface area (TPSA) is 67.2 Å². The molecule has 1 atom stereocenters. The van der Waals surface area contributed by atoms with E-state index in [0.717, 1.165) is 25.2 Å². The second kappa shape index (κ2) is 7.81. The van der Waals surface area contributed by atoms with Crippen molar-refractivity contribution >= 4 is 11.6 Å². The monoisotopic (exact) mass is 381 g/mol. The molecular weight excluding hydrogens is 354 g/mol. The van der Waals surface area contributed by atoms with Crippen molar-refractivity contribution in [3.63, 3.8) is 0 Å². The predicted octanol–water partition coefficient (Wildman–Crippen LogP) is 1.70. The number of phenols is 1. The molecule has 0 saturated heterocycles. The van der Waals surface area contributed by atoms with Crippen LogP contribution in [-0.2, 0) is 13.0 Å². The maximum Gasteiger partial charge on any atom is 0.256 e. The lowest BCUT2D eigenvalue weighted by Crippen LogP contribution is -2.44. The summed E-state index contributed by atoms with van der Waals surface area (Å²) in [5, 5.41) is 20.4. The van der Waals surface area contributed by atoms with Gasteiger partial charge in [0.25, 0.3) is 5.91 Å². The zero-order valence-electron chi connectivity index (χ0n) is 16.2. The number of fused-ring (bicyclic) bond motifs is 2. The Hall–Kier alpha value is -2.57. The molecular formula is C22H27N3O3. The highest BCUT2D eigenvalue weighted by Crippen LogP contribution is 2.28. The molecule has 0 aliphatic carbocycles. The summed E-state index contributed by atoms with van der Waals surface area (Å²) in [5.41, 5.74) is 4.01. The van der Waals surface area contributed by atoms with Gasteiger partial charge in [0, 0.05) is 52.4 Å². The highest BCUT2D eigenvalue weighted by molar-refractivity contribution is 6.00. The van der Waals surface area contributed by atoms with Gasteiger partial charge in [0.05, 0.1) is 17.4 Å². The van der Waals surface area contributed by atoms with Crippen molar-refractivity contribution in [3.8, 4) is 5.75 Å². The fourth-order valence-corrected chi connectivity index (χ4v) is 4.17. The second-order valence-corrected chi connectivity index (χ2v) is 7.78. The van der Waals surface area contributed by atoms with E-state index >= 15 is 0 Å². The van der Waals surface area contributed by atoms with Gasteiger partial charge in [-0.1, -0.05) is 24.3 Å². The van der Waals surface area contributed by atoms with Crippen molar-refractivity contribution in [2.24, 2.45) is 0 Å². The third-order valence-electron chi connectivity index (χ3n) is 5.73. The number of carbonyl (C=O) groups is 1. The minimum atomic E-state index is -0.599. The van der Waals surface area contributed by atoms with Crippen LogP contribution in [0.25, 0.3) is 0 Å². The first kappa shape index (κ1) is 18.8. The van der Waals surface area contributed by atoms with Crippen LogP contribution in [0.1, 0.15) is 21.5 Å². The Morgan fingerprint density at radius 2 is 1.82 bits per heavy atom. The summed E-state index contributed by atoms with van der Waals surface area (Å²) in [6.07, 6.45) is 0.394. The van der Waals surface area contributed by atoms with Crippen LogP contribution >= 0.6 is 0 Å². The number of aromatic hydroxyl groups is 1. The maximum absolute atomic E-state index is 13.0. The number of β-amino-alcohol motifs (C(OH)–C–C–N with tert-alkyl or cyclic N) is 1. The van der Waals surface area contributed by atoms with Gasteiger partial charge in [-0.2, -0.15) is 0 Å². The van der Waals surface area contributed by atoms with Crippen molar-refractivity contribution < 1.29 is 15.0 Å². The number of aliphatic hydroxyl groups is 1. The Labute approximate surface area is 165 Å². The van der Waals surface area contributed by atoms with Crippen molar-refractivity contribution in [1.82, 2.24) is 9.80 Å². The molecule has 2 aliphatic rings. The average Bonchev–Trinajstić information content (AvgIpc) is 2.80. The first-order valence-electron chi connectivity index (χ1n) is 9.82. The fraction of sp³-hybridized carbons (Fsp3) is 0.409. The number of nitrogens with zero attached hydrogens (tertiary/aromatic N) is 3. The largest absolute Gasteiger partial charge is 0.508 e. The summed E-state index contributed by atoms with van der Waals surface area (Å²) in [5.74, 6) is 0.0552. The number of rotatable bonds is 4. The molecule has 0 radical (unpaired) electrons. The molecule has 4 rings (SSSR count).